The van der Waals surface area contributed by atoms with E-state index in [0.29, 0.717) is 16.8 Å². The van der Waals surface area contributed by atoms with E-state index in [9.17, 15) is 19.1 Å². The molecule has 0 bridgehead atoms. The topological polar surface area (TPSA) is 78.4 Å². The number of benzene rings is 3. The second kappa shape index (κ2) is 9.33. The van der Waals surface area contributed by atoms with Gasteiger partial charge in [-0.3, -0.25) is 9.59 Å². The molecule has 0 spiro atoms. The minimum Gasteiger partial charge on any atom is -0.387 e. The van der Waals surface area contributed by atoms with Crippen molar-refractivity contribution in [3.05, 3.63) is 100 Å². The van der Waals surface area contributed by atoms with Gasteiger partial charge in [-0.15, -0.1) is 0 Å². The molecule has 2 amide bonds. The van der Waals surface area contributed by atoms with Crippen LogP contribution < -0.4 is 10.6 Å². The van der Waals surface area contributed by atoms with E-state index in [1.165, 1.54) is 18.2 Å². The van der Waals surface area contributed by atoms with Crippen molar-refractivity contribution < 1.29 is 19.1 Å². The van der Waals surface area contributed by atoms with Crippen LogP contribution in [-0.4, -0.2) is 23.5 Å². The van der Waals surface area contributed by atoms with E-state index in [0.717, 1.165) is 5.56 Å². The molecule has 3 aromatic carbocycles. The van der Waals surface area contributed by atoms with Crippen LogP contribution in [0.4, 0.5) is 10.1 Å². The van der Waals surface area contributed by atoms with Gasteiger partial charge in [0.15, 0.2) is 0 Å². The van der Waals surface area contributed by atoms with Gasteiger partial charge >= 0.3 is 0 Å². The van der Waals surface area contributed by atoms with Crippen molar-refractivity contribution in [1.82, 2.24) is 5.32 Å². The number of hydrogen-bond donors (Lipinski definition) is 3. The summed E-state index contributed by atoms with van der Waals surface area (Å²) in [6.07, 6.45) is -0.865. The standard InChI is InChI=1S/C24H23FN2O3/c1-15-10-12-17(13-11-15)21(28)14-26-23(29)19-8-5-6-16(2)22(19)27-24(30)18-7-3-4-9-20(18)25/h3-13,21,28H,14H2,1-2H3,(H,26,29)(H,27,30). The van der Waals surface area contributed by atoms with Crippen molar-refractivity contribution in [2.24, 2.45) is 0 Å². The Bertz CT molecular complexity index is 1060. The molecule has 0 heterocycles. The highest BCUT2D eigenvalue weighted by Crippen LogP contribution is 2.22. The number of halogens is 1. The number of para-hydroxylation sites is 1. The summed E-state index contributed by atoms with van der Waals surface area (Å²) >= 11 is 0. The number of carbonyl (C=O) groups is 2. The fourth-order valence-electron chi connectivity index (χ4n) is 3.04. The SMILES string of the molecule is Cc1ccc(C(O)CNC(=O)c2cccc(C)c2NC(=O)c2ccccc2F)cc1. The third-order valence-electron chi connectivity index (χ3n) is 4.79. The zero-order chi connectivity index (χ0) is 21.7. The molecular weight excluding hydrogens is 383 g/mol. The van der Waals surface area contributed by atoms with E-state index in [4.69, 9.17) is 0 Å². The molecule has 3 N–H and O–H groups in total. The summed E-state index contributed by atoms with van der Waals surface area (Å²) < 4.78 is 13.9. The normalized spacial score (nSPS) is 11.6. The van der Waals surface area contributed by atoms with E-state index in [1.807, 2.05) is 19.1 Å². The first-order chi connectivity index (χ1) is 14.4. The largest absolute Gasteiger partial charge is 0.387 e. The lowest BCUT2D eigenvalue weighted by Crippen LogP contribution is -2.29. The number of aliphatic hydroxyl groups excluding tert-OH is 1. The summed E-state index contributed by atoms with van der Waals surface area (Å²) in [6.45, 7) is 3.71. The fourth-order valence-corrected chi connectivity index (χ4v) is 3.04. The number of anilines is 1. The van der Waals surface area contributed by atoms with Gasteiger partial charge in [-0.05, 0) is 43.2 Å². The molecule has 5 nitrogen and oxygen atoms in total. The molecule has 3 rings (SSSR count). The summed E-state index contributed by atoms with van der Waals surface area (Å²) in [5.41, 5.74) is 2.85. The van der Waals surface area contributed by atoms with Gasteiger partial charge < -0.3 is 15.7 Å². The molecule has 6 heteroatoms. The molecule has 30 heavy (non-hydrogen) atoms. The Kier molecular flexibility index (Phi) is 6.59. The Labute approximate surface area is 174 Å². The van der Waals surface area contributed by atoms with Gasteiger partial charge in [0.1, 0.15) is 5.82 Å². The zero-order valence-corrected chi connectivity index (χ0v) is 16.8. The molecule has 0 saturated carbocycles. The molecule has 0 radical (unpaired) electrons. The van der Waals surface area contributed by atoms with Crippen LogP contribution in [0.15, 0.2) is 66.7 Å². The first-order valence-corrected chi connectivity index (χ1v) is 9.55. The summed E-state index contributed by atoms with van der Waals surface area (Å²) in [7, 11) is 0. The first kappa shape index (κ1) is 21.2. The van der Waals surface area contributed by atoms with Crippen molar-refractivity contribution in [3.8, 4) is 0 Å². The van der Waals surface area contributed by atoms with Crippen molar-refractivity contribution >= 4 is 17.5 Å². The monoisotopic (exact) mass is 406 g/mol. The molecule has 0 aliphatic heterocycles. The zero-order valence-electron chi connectivity index (χ0n) is 16.8. The molecule has 0 aliphatic rings. The van der Waals surface area contributed by atoms with E-state index in [2.05, 4.69) is 10.6 Å². The molecule has 154 valence electrons. The highest BCUT2D eigenvalue weighted by molar-refractivity contribution is 6.09. The number of carbonyl (C=O) groups excluding carboxylic acids is 2. The Hall–Kier alpha value is -3.51. The summed E-state index contributed by atoms with van der Waals surface area (Å²) in [6, 6.07) is 18.0. The summed E-state index contributed by atoms with van der Waals surface area (Å²) in [5, 5.41) is 15.7. The number of rotatable bonds is 6. The van der Waals surface area contributed by atoms with Gasteiger partial charge in [0, 0.05) is 6.54 Å². The van der Waals surface area contributed by atoms with Crippen molar-refractivity contribution in [3.63, 3.8) is 0 Å². The van der Waals surface area contributed by atoms with Gasteiger partial charge in [-0.2, -0.15) is 0 Å². The number of aliphatic hydroxyl groups is 1. The van der Waals surface area contributed by atoms with Gasteiger partial charge in [0.2, 0.25) is 0 Å². The van der Waals surface area contributed by atoms with Gasteiger partial charge in [-0.1, -0.05) is 54.1 Å². The van der Waals surface area contributed by atoms with Crippen LogP contribution in [0.1, 0.15) is 43.5 Å². The quantitative estimate of drug-likeness (QED) is 0.575. The fraction of sp³-hybridized carbons (Fsp3) is 0.167. The van der Waals surface area contributed by atoms with E-state index in [1.54, 1.807) is 43.3 Å². The van der Waals surface area contributed by atoms with E-state index in [-0.39, 0.29) is 17.7 Å². The Morgan fingerprint density at radius 1 is 0.900 bits per heavy atom. The van der Waals surface area contributed by atoms with Crippen molar-refractivity contribution in [2.45, 2.75) is 20.0 Å². The van der Waals surface area contributed by atoms with Crippen LogP contribution in [0.25, 0.3) is 0 Å². The van der Waals surface area contributed by atoms with Gasteiger partial charge in [0.05, 0.1) is 22.9 Å². The number of hydrogen-bond acceptors (Lipinski definition) is 3. The highest BCUT2D eigenvalue weighted by atomic mass is 19.1. The predicted octanol–water partition coefficient (Wildman–Crippen LogP) is 4.16. The molecule has 1 unspecified atom stereocenters. The number of amides is 2. The third-order valence-corrected chi connectivity index (χ3v) is 4.79. The second-order valence-electron chi connectivity index (χ2n) is 7.07. The molecule has 1 atom stereocenters. The maximum atomic E-state index is 13.9. The summed E-state index contributed by atoms with van der Waals surface area (Å²) in [5.74, 6) is -1.74. The van der Waals surface area contributed by atoms with Gasteiger partial charge in [0.25, 0.3) is 11.8 Å². The number of nitrogens with one attached hydrogen (secondary N) is 2. The lowest BCUT2D eigenvalue weighted by atomic mass is 10.1. The van der Waals surface area contributed by atoms with Crippen LogP contribution >= 0.6 is 0 Å². The van der Waals surface area contributed by atoms with Crippen molar-refractivity contribution in [1.29, 1.82) is 0 Å². The molecular formula is C24H23FN2O3. The predicted molar refractivity (Wildman–Crippen MR) is 114 cm³/mol. The van der Waals surface area contributed by atoms with Crippen molar-refractivity contribution in [2.75, 3.05) is 11.9 Å². The molecule has 3 aromatic rings. The maximum Gasteiger partial charge on any atom is 0.258 e. The van der Waals surface area contributed by atoms with Crippen LogP contribution in [0.3, 0.4) is 0 Å². The Morgan fingerprint density at radius 3 is 2.27 bits per heavy atom. The minimum absolute atomic E-state index is 0.0105. The lowest BCUT2D eigenvalue weighted by Gasteiger charge is -2.16. The molecule has 0 fully saturated rings. The lowest BCUT2D eigenvalue weighted by molar-refractivity contribution is 0.0917. The first-order valence-electron chi connectivity index (χ1n) is 9.55. The second-order valence-corrected chi connectivity index (χ2v) is 7.07. The highest BCUT2D eigenvalue weighted by Gasteiger charge is 2.19. The third kappa shape index (κ3) is 4.90. The van der Waals surface area contributed by atoms with Crippen LogP contribution in [0, 0.1) is 19.7 Å². The van der Waals surface area contributed by atoms with Crippen LogP contribution in [0.5, 0.6) is 0 Å². The molecule has 0 saturated heterocycles. The minimum atomic E-state index is -0.865. The number of aryl methyl sites for hydroxylation is 2. The average Bonchev–Trinajstić information content (AvgIpc) is 2.74. The average molecular weight is 406 g/mol. The van der Waals surface area contributed by atoms with Gasteiger partial charge in [-0.25, -0.2) is 4.39 Å². The van der Waals surface area contributed by atoms with E-state index >= 15 is 0 Å². The molecule has 0 aliphatic carbocycles. The smallest absolute Gasteiger partial charge is 0.258 e. The Morgan fingerprint density at radius 2 is 1.57 bits per heavy atom. The summed E-state index contributed by atoms with van der Waals surface area (Å²) in [4.78, 5) is 25.3. The molecule has 0 aromatic heterocycles. The maximum absolute atomic E-state index is 13.9. The Balaban J connectivity index is 1.75. The van der Waals surface area contributed by atoms with E-state index < -0.39 is 23.7 Å². The van der Waals surface area contributed by atoms with Crippen LogP contribution in [0.2, 0.25) is 0 Å². The van der Waals surface area contributed by atoms with Crippen LogP contribution in [-0.2, 0) is 0 Å².